The number of rotatable bonds is 2. The average molecular weight is 244 g/mol. The summed E-state index contributed by atoms with van der Waals surface area (Å²) in [5.74, 6) is -0.348. The van der Waals surface area contributed by atoms with E-state index in [4.69, 9.17) is 22.3 Å². The summed E-state index contributed by atoms with van der Waals surface area (Å²) in [7, 11) is -3.75. The molecule has 17 heavy (non-hydrogen) atoms. The highest BCUT2D eigenvalue weighted by atomic mass is 16.7. The van der Waals surface area contributed by atoms with Crippen molar-refractivity contribution in [3.63, 3.8) is 0 Å². The molecule has 6 heteroatoms. The van der Waals surface area contributed by atoms with E-state index in [2.05, 4.69) is 5.10 Å². The van der Waals surface area contributed by atoms with Gasteiger partial charge in [0.15, 0.2) is 0 Å². The molecule has 0 spiro atoms. The highest BCUT2D eigenvalue weighted by Gasteiger charge is 2.53. The normalized spacial score (nSPS) is 28.6. The summed E-state index contributed by atoms with van der Waals surface area (Å²) in [6.07, 6.45) is 1.16. The van der Waals surface area contributed by atoms with E-state index in [9.17, 15) is 0 Å². The summed E-state index contributed by atoms with van der Waals surface area (Å²) in [6, 6.07) is 0. The standard InChI is InChI=1S/C11H19BN2O3/c1-10(2)11(3,4)17-12(16-10)8-7-14(5)13-9(8)15-6/h7H,1-6H3/i5D3,6D3. The van der Waals surface area contributed by atoms with Crippen LogP contribution in [0.4, 0.5) is 0 Å². The molecule has 2 heterocycles. The van der Waals surface area contributed by atoms with Crippen molar-refractivity contribution in [3.05, 3.63) is 6.20 Å². The van der Waals surface area contributed by atoms with Crippen LogP contribution in [0.2, 0.25) is 0 Å². The first kappa shape index (κ1) is 6.80. The van der Waals surface area contributed by atoms with Crippen molar-refractivity contribution in [2.24, 2.45) is 6.98 Å². The molecule has 1 aliphatic heterocycles. The quantitative estimate of drug-likeness (QED) is 0.719. The fraction of sp³-hybridized carbons (Fsp3) is 0.727. The van der Waals surface area contributed by atoms with Gasteiger partial charge in [0.1, 0.15) is 0 Å². The summed E-state index contributed by atoms with van der Waals surface area (Å²) in [4.78, 5) is 0. The Morgan fingerprint density at radius 1 is 1.35 bits per heavy atom. The van der Waals surface area contributed by atoms with Crippen LogP contribution in [0.3, 0.4) is 0 Å². The zero-order valence-electron chi connectivity index (χ0n) is 16.3. The second-order valence-electron chi connectivity index (χ2n) is 5.02. The van der Waals surface area contributed by atoms with Gasteiger partial charge in [-0.15, -0.1) is 5.10 Å². The minimum absolute atomic E-state index is 0.121. The zero-order chi connectivity index (χ0) is 17.8. The Hall–Kier alpha value is -1.01. The van der Waals surface area contributed by atoms with E-state index in [1.165, 1.54) is 0 Å². The van der Waals surface area contributed by atoms with Gasteiger partial charge in [-0.2, -0.15) is 0 Å². The molecule has 1 saturated heterocycles. The number of aryl methyl sites for hydroxylation is 1. The van der Waals surface area contributed by atoms with E-state index in [0.29, 0.717) is 4.68 Å². The maximum Gasteiger partial charge on any atom is 0.502 e. The predicted octanol–water partition coefficient (Wildman–Crippen LogP) is 0.728. The minimum Gasteiger partial charge on any atom is -0.480 e. The lowest BCUT2D eigenvalue weighted by Crippen LogP contribution is -2.41. The summed E-state index contributed by atoms with van der Waals surface area (Å²) < 4.78 is 60.9. The second kappa shape index (κ2) is 3.75. The number of hydrogen-bond acceptors (Lipinski definition) is 4. The van der Waals surface area contributed by atoms with E-state index in [1.54, 1.807) is 0 Å². The van der Waals surface area contributed by atoms with E-state index in [-0.39, 0.29) is 11.3 Å². The first-order valence-corrected chi connectivity index (χ1v) is 5.27. The van der Waals surface area contributed by atoms with Crippen LogP contribution in [0.1, 0.15) is 35.9 Å². The van der Waals surface area contributed by atoms with Crippen LogP contribution >= 0.6 is 0 Å². The molecule has 1 aromatic heterocycles. The molecule has 0 amide bonds. The summed E-state index contributed by atoms with van der Waals surface area (Å²) in [5, 5.41) is 3.72. The van der Waals surface area contributed by atoms with Crippen molar-refractivity contribution in [2.45, 2.75) is 38.9 Å². The molecule has 1 fully saturated rings. The van der Waals surface area contributed by atoms with Gasteiger partial charge in [-0.1, -0.05) is 0 Å². The fourth-order valence-corrected chi connectivity index (χ4v) is 1.58. The molecule has 5 nitrogen and oxygen atoms in total. The van der Waals surface area contributed by atoms with Crippen molar-refractivity contribution in [1.29, 1.82) is 0 Å². The molecule has 0 bridgehead atoms. The number of hydrogen-bond donors (Lipinski definition) is 0. The maximum atomic E-state index is 7.40. The third-order valence-electron chi connectivity index (χ3n) is 3.31. The molecule has 2 rings (SSSR count). The van der Waals surface area contributed by atoms with Gasteiger partial charge in [-0.25, -0.2) is 0 Å². The van der Waals surface area contributed by atoms with Crippen molar-refractivity contribution in [3.8, 4) is 5.88 Å². The van der Waals surface area contributed by atoms with Crippen molar-refractivity contribution < 1.29 is 22.3 Å². The van der Waals surface area contributed by atoms with Gasteiger partial charge in [0, 0.05) is 17.3 Å². The first-order valence-electron chi connectivity index (χ1n) is 8.27. The van der Waals surface area contributed by atoms with Crippen LogP contribution < -0.4 is 10.2 Å². The maximum absolute atomic E-state index is 7.40. The minimum atomic E-state index is -2.77. The van der Waals surface area contributed by atoms with Crippen LogP contribution in [0.5, 0.6) is 5.88 Å². The summed E-state index contributed by atoms with van der Waals surface area (Å²) >= 11 is 0. The van der Waals surface area contributed by atoms with E-state index < -0.39 is 32.3 Å². The molecule has 0 N–H and O–H groups in total. The van der Waals surface area contributed by atoms with E-state index in [1.807, 2.05) is 27.7 Å². The van der Waals surface area contributed by atoms with Gasteiger partial charge < -0.3 is 14.0 Å². The Kier molecular flexibility index (Phi) is 1.50. The highest BCUT2D eigenvalue weighted by Crippen LogP contribution is 2.36. The third-order valence-corrected chi connectivity index (χ3v) is 3.31. The van der Waals surface area contributed by atoms with Crippen LogP contribution in [0, 0.1) is 0 Å². The topological polar surface area (TPSA) is 45.5 Å². The molecular weight excluding hydrogens is 219 g/mol. The first-order chi connectivity index (χ1) is 10.1. The smallest absolute Gasteiger partial charge is 0.480 e. The lowest BCUT2D eigenvalue weighted by molar-refractivity contribution is 0.00578. The molecular formula is C11H19BN2O3. The Morgan fingerprint density at radius 3 is 2.53 bits per heavy atom. The summed E-state index contributed by atoms with van der Waals surface area (Å²) in [5.41, 5.74) is -1.22. The Morgan fingerprint density at radius 2 is 2.00 bits per heavy atom. The zero-order valence-corrected chi connectivity index (χ0v) is 10.3. The molecule has 0 saturated carbocycles. The fourth-order valence-electron chi connectivity index (χ4n) is 1.58. The largest absolute Gasteiger partial charge is 0.502 e. The van der Waals surface area contributed by atoms with Crippen molar-refractivity contribution in [2.75, 3.05) is 7.04 Å². The molecule has 0 aliphatic carbocycles. The second-order valence-corrected chi connectivity index (χ2v) is 5.02. The van der Waals surface area contributed by atoms with Gasteiger partial charge in [0.25, 0.3) is 0 Å². The van der Waals surface area contributed by atoms with Gasteiger partial charge in [0.2, 0.25) is 5.88 Å². The highest BCUT2D eigenvalue weighted by molar-refractivity contribution is 6.63. The van der Waals surface area contributed by atoms with Crippen molar-refractivity contribution >= 4 is 12.6 Å². The lowest BCUT2D eigenvalue weighted by atomic mass is 9.81. The Bertz CT molecular complexity index is 580. The number of nitrogens with zero attached hydrogens (tertiary/aromatic N) is 2. The van der Waals surface area contributed by atoms with Gasteiger partial charge in [-0.05, 0) is 27.7 Å². The Balaban J connectivity index is 2.43. The molecule has 94 valence electrons. The number of ether oxygens (including phenoxy) is 1. The summed E-state index contributed by atoms with van der Waals surface area (Å²) in [6.45, 7) is 4.72. The van der Waals surface area contributed by atoms with Crippen LogP contribution in [0.25, 0.3) is 0 Å². The SMILES string of the molecule is [2H]C([2H])([2H])Oc1nn(C([2H])([2H])[2H])cc1B1OC(C)(C)C(C)(C)O1. The lowest BCUT2D eigenvalue weighted by Gasteiger charge is -2.32. The molecule has 0 atom stereocenters. The van der Waals surface area contributed by atoms with Gasteiger partial charge >= 0.3 is 7.12 Å². The predicted molar refractivity (Wildman–Crippen MR) is 65.5 cm³/mol. The molecule has 0 radical (unpaired) electrons. The van der Waals surface area contributed by atoms with Crippen LogP contribution in [-0.4, -0.2) is 35.1 Å². The molecule has 0 aromatic carbocycles. The number of aromatic nitrogens is 2. The van der Waals surface area contributed by atoms with Crippen molar-refractivity contribution in [1.82, 2.24) is 9.78 Å². The van der Waals surface area contributed by atoms with Crippen LogP contribution in [0.15, 0.2) is 6.20 Å². The van der Waals surface area contributed by atoms with Gasteiger partial charge in [-0.3, -0.25) is 4.68 Å². The third kappa shape index (κ3) is 1.95. The molecule has 1 aliphatic rings. The van der Waals surface area contributed by atoms with E-state index >= 15 is 0 Å². The van der Waals surface area contributed by atoms with Crippen LogP contribution in [-0.2, 0) is 16.3 Å². The Labute approximate surface area is 111 Å². The van der Waals surface area contributed by atoms with Gasteiger partial charge in [0.05, 0.1) is 27.8 Å². The monoisotopic (exact) mass is 244 g/mol. The van der Waals surface area contributed by atoms with E-state index in [0.717, 1.165) is 6.20 Å². The molecule has 0 unspecified atom stereocenters. The number of methoxy groups -OCH3 is 1. The average Bonchev–Trinajstić information content (AvgIpc) is 2.75. The molecule has 1 aromatic rings.